The number of nitrogens with one attached hydrogen (secondary N) is 2. The highest BCUT2D eigenvalue weighted by atomic mass is 16.6. The topological polar surface area (TPSA) is 199 Å². The summed E-state index contributed by atoms with van der Waals surface area (Å²) in [6.07, 6.45) is -2.93. The van der Waals surface area contributed by atoms with Crippen LogP contribution in [0.4, 0.5) is 0 Å². The first-order valence-corrected chi connectivity index (χ1v) is 13.6. The molecule has 0 unspecified atom stereocenters. The van der Waals surface area contributed by atoms with Crippen molar-refractivity contribution in [1.82, 2.24) is 19.1 Å². The highest BCUT2D eigenvalue weighted by Gasteiger charge is 2.52. The van der Waals surface area contributed by atoms with E-state index in [4.69, 9.17) is 28.4 Å². The number of aromatic amines is 2. The normalized spacial score (nSPS) is 31.7. The van der Waals surface area contributed by atoms with E-state index in [1.165, 1.54) is 26.2 Å². The number of aromatic nitrogens is 4. The first kappa shape index (κ1) is 29.6. The van der Waals surface area contributed by atoms with Gasteiger partial charge in [-0.25, -0.2) is 9.59 Å². The fourth-order valence-corrected chi connectivity index (χ4v) is 5.59. The number of nitrogens with zero attached hydrogens (tertiary/aromatic N) is 2. The van der Waals surface area contributed by atoms with Crippen LogP contribution in [0.15, 0.2) is 43.7 Å². The molecule has 0 saturated carbocycles. The summed E-state index contributed by atoms with van der Waals surface area (Å²) in [5.74, 6) is -1.21. The summed E-state index contributed by atoms with van der Waals surface area (Å²) < 4.78 is 38.2. The van der Waals surface area contributed by atoms with Crippen molar-refractivity contribution >= 4 is 11.9 Å². The van der Waals surface area contributed by atoms with E-state index in [1.54, 1.807) is 0 Å². The van der Waals surface area contributed by atoms with Crippen LogP contribution in [0.5, 0.6) is 0 Å². The van der Waals surface area contributed by atoms with E-state index < -0.39 is 83.5 Å². The lowest BCUT2D eigenvalue weighted by Crippen LogP contribution is -2.42. The average molecular weight is 593 g/mol. The van der Waals surface area contributed by atoms with Crippen molar-refractivity contribution in [3.8, 4) is 0 Å². The molecule has 42 heavy (non-hydrogen) atoms. The van der Waals surface area contributed by atoms with Crippen molar-refractivity contribution in [1.29, 1.82) is 0 Å². The predicted molar refractivity (Wildman–Crippen MR) is 140 cm³/mol. The molecule has 0 aromatic carbocycles. The van der Waals surface area contributed by atoms with Crippen LogP contribution in [0.3, 0.4) is 0 Å². The van der Waals surface area contributed by atoms with Crippen molar-refractivity contribution in [3.05, 3.63) is 66.2 Å². The number of ether oxygens (including phenoxy) is 6. The fraction of sp³-hybridized carbons (Fsp3) is 0.615. The Morgan fingerprint density at radius 1 is 0.738 bits per heavy atom. The van der Waals surface area contributed by atoms with Crippen LogP contribution in [-0.2, 0) is 38.0 Å². The quantitative estimate of drug-likeness (QED) is 0.415. The Kier molecular flexibility index (Phi) is 8.86. The molecule has 16 heteroatoms. The number of H-pyrrole nitrogens is 2. The average Bonchev–Trinajstić information content (AvgIpc) is 3.40. The molecular formula is C26H32N4O12. The van der Waals surface area contributed by atoms with Gasteiger partial charge in [0, 0.05) is 51.6 Å². The van der Waals surface area contributed by atoms with Crippen LogP contribution >= 0.6 is 0 Å². The minimum atomic E-state index is -1.09. The highest BCUT2D eigenvalue weighted by molar-refractivity contribution is 5.66. The number of esters is 2. The molecule has 8 atom stereocenters. The Morgan fingerprint density at radius 2 is 1.14 bits per heavy atom. The van der Waals surface area contributed by atoms with Crippen LogP contribution in [0.1, 0.15) is 52.0 Å². The maximum absolute atomic E-state index is 12.6. The molecule has 228 valence electrons. The molecule has 0 bridgehead atoms. The van der Waals surface area contributed by atoms with E-state index >= 15 is 0 Å². The van der Waals surface area contributed by atoms with E-state index in [1.807, 2.05) is 0 Å². The molecule has 16 nitrogen and oxygen atoms in total. The molecular weight excluding hydrogens is 560 g/mol. The lowest BCUT2D eigenvalue weighted by molar-refractivity contribution is -0.159. The molecule has 5 rings (SSSR count). The standard InChI is InChI=1S/C26H32N4O12/c1-13(31)39-21-19-15(41-23(21)29-9-7-17(33)27-25(29)35)5-6-16-20(38-12-4-3-11-37-19)22(40-14(2)32)24(42-16)30-10-8-18(34)28-26(30)36/h7-10,15-16,19-24H,3-6,11-12H2,1-2H3,(H,27,33,35)(H,28,34,36)/t15-,16-,19+,20+,21-,22-,23-,24-/m1/s1. The van der Waals surface area contributed by atoms with Crippen LogP contribution in [-0.4, -0.2) is 80.9 Å². The summed E-state index contributed by atoms with van der Waals surface area (Å²) in [6.45, 7) is 3.01. The van der Waals surface area contributed by atoms with Crippen molar-refractivity contribution in [2.75, 3.05) is 13.2 Å². The Morgan fingerprint density at radius 3 is 1.50 bits per heavy atom. The van der Waals surface area contributed by atoms with E-state index in [0.717, 1.165) is 21.3 Å². The van der Waals surface area contributed by atoms with Gasteiger partial charge in [0.05, 0.1) is 12.2 Å². The summed E-state index contributed by atoms with van der Waals surface area (Å²) in [5, 5.41) is 0. The zero-order valence-electron chi connectivity index (χ0n) is 23.0. The number of hydrogen-bond acceptors (Lipinski definition) is 12. The van der Waals surface area contributed by atoms with E-state index in [0.29, 0.717) is 12.8 Å². The molecule has 0 radical (unpaired) electrons. The molecule has 5 heterocycles. The summed E-state index contributed by atoms with van der Waals surface area (Å²) >= 11 is 0. The van der Waals surface area contributed by atoms with Crippen LogP contribution in [0.25, 0.3) is 0 Å². The van der Waals surface area contributed by atoms with Crippen LogP contribution in [0, 0.1) is 0 Å². The minimum absolute atomic E-state index is 0.265. The number of rotatable bonds is 4. The molecule has 3 saturated heterocycles. The number of carbonyl (C=O) groups excluding carboxylic acids is 2. The van der Waals surface area contributed by atoms with Gasteiger partial charge in [0.1, 0.15) is 12.2 Å². The highest BCUT2D eigenvalue weighted by Crippen LogP contribution is 2.39. The lowest BCUT2D eigenvalue weighted by Gasteiger charge is -2.27. The molecule has 0 aliphatic carbocycles. The van der Waals surface area contributed by atoms with Crippen LogP contribution < -0.4 is 22.5 Å². The van der Waals surface area contributed by atoms with Gasteiger partial charge < -0.3 is 28.4 Å². The molecule has 2 N–H and O–H groups in total. The van der Waals surface area contributed by atoms with E-state index in [2.05, 4.69) is 9.97 Å². The fourth-order valence-electron chi connectivity index (χ4n) is 5.59. The number of hydrogen-bond donors (Lipinski definition) is 2. The van der Waals surface area contributed by atoms with Gasteiger partial charge in [-0.05, 0) is 25.7 Å². The SMILES string of the molecule is CC(=O)O[C@@H]1[C@H]2OCCCCO[C@@H]3[C@@H](OC(C)=O)[C@H](n4ccc(=O)[nH]c4=O)O[C@@H]3CC[C@H]2O[C@H]1n1ccc(=O)[nH]c1=O. The third-order valence-corrected chi connectivity index (χ3v) is 7.32. The second kappa shape index (κ2) is 12.6. The van der Waals surface area contributed by atoms with Gasteiger partial charge in [-0.3, -0.25) is 38.3 Å². The van der Waals surface area contributed by atoms with Gasteiger partial charge in [-0.2, -0.15) is 0 Å². The Labute approximate surface area is 237 Å². The van der Waals surface area contributed by atoms with Crippen molar-refractivity contribution in [2.45, 2.75) is 88.6 Å². The number of carbonyl (C=O) groups is 2. The number of fused-ring (bicyclic) bond motifs is 2. The molecule has 3 aliphatic rings. The maximum Gasteiger partial charge on any atom is 0.330 e. The lowest BCUT2D eigenvalue weighted by atomic mass is 9.99. The second-order valence-corrected chi connectivity index (χ2v) is 10.3. The Bertz CT molecular complexity index is 1410. The molecule has 2 aromatic heterocycles. The molecule has 3 fully saturated rings. The zero-order chi connectivity index (χ0) is 30.0. The molecule has 0 spiro atoms. The maximum atomic E-state index is 12.6. The van der Waals surface area contributed by atoms with Gasteiger partial charge in [0.25, 0.3) is 11.1 Å². The Hall–Kier alpha value is -3.86. The van der Waals surface area contributed by atoms with Gasteiger partial charge >= 0.3 is 23.3 Å². The molecule has 3 aliphatic heterocycles. The summed E-state index contributed by atoms with van der Waals surface area (Å²) in [7, 11) is 0. The van der Waals surface area contributed by atoms with E-state index in [-0.39, 0.29) is 26.1 Å². The van der Waals surface area contributed by atoms with Gasteiger partial charge in [0.2, 0.25) is 0 Å². The third-order valence-electron chi connectivity index (χ3n) is 7.32. The smallest absolute Gasteiger partial charge is 0.330 e. The summed E-state index contributed by atoms with van der Waals surface area (Å²) in [4.78, 5) is 77.0. The van der Waals surface area contributed by atoms with Gasteiger partial charge in [-0.1, -0.05) is 0 Å². The monoisotopic (exact) mass is 592 g/mol. The van der Waals surface area contributed by atoms with Crippen molar-refractivity contribution < 1.29 is 38.0 Å². The first-order valence-electron chi connectivity index (χ1n) is 13.6. The Balaban J connectivity index is 1.45. The summed E-state index contributed by atoms with van der Waals surface area (Å²) in [6, 6.07) is 2.31. The minimum Gasteiger partial charge on any atom is -0.455 e. The largest absolute Gasteiger partial charge is 0.455 e. The first-order chi connectivity index (χ1) is 20.1. The van der Waals surface area contributed by atoms with Crippen molar-refractivity contribution in [3.63, 3.8) is 0 Å². The second-order valence-electron chi connectivity index (χ2n) is 10.3. The van der Waals surface area contributed by atoms with Gasteiger partial charge in [-0.15, -0.1) is 0 Å². The van der Waals surface area contributed by atoms with E-state index in [9.17, 15) is 28.8 Å². The zero-order valence-corrected chi connectivity index (χ0v) is 23.0. The van der Waals surface area contributed by atoms with Crippen molar-refractivity contribution in [2.24, 2.45) is 0 Å². The molecule has 2 aromatic rings. The van der Waals surface area contributed by atoms with Crippen LogP contribution in [0.2, 0.25) is 0 Å². The third kappa shape index (κ3) is 6.30. The predicted octanol–water partition coefficient (Wildman–Crippen LogP) is -0.911. The summed E-state index contributed by atoms with van der Waals surface area (Å²) in [5.41, 5.74) is -2.67. The van der Waals surface area contributed by atoms with Gasteiger partial charge in [0.15, 0.2) is 24.7 Å². The molecule has 0 amide bonds.